The maximum absolute atomic E-state index is 12.4. The molecule has 3 rings (SSSR count). The van der Waals surface area contributed by atoms with E-state index in [2.05, 4.69) is 10.6 Å². The summed E-state index contributed by atoms with van der Waals surface area (Å²) >= 11 is 0. The van der Waals surface area contributed by atoms with Gasteiger partial charge in [0.1, 0.15) is 0 Å². The van der Waals surface area contributed by atoms with E-state index in [9.17, 15) is 18.0 Å². The first-order chi connectivity index (χ1) is 12.9. The van der Waals surface area contributed by atoms with Crippen LogP contribution in [0, 0.1) is 0 Å². The van der Waals surface area contributed by atoms with Crippen LogP contribution >= 0.6 is 0 Å². The standard InChI is InChI=1S/C19H21N3O4S/c1-2-18(23)20-15-5-3-6-16(13-15)21-19(24)14-7-9-17(10-8-14)22-11-4-12-27(22,25)26/h3,5-10,13H,2,4,11-12H2,1H3,(H,20,23)(H,21,24). The van der Waals surface area contributed by atoms with E-state index in [1.54, 1.807) is 55.5 Å². The fraction of sp³-hybridized carbons (Fsp3) is 0.263. The van der Waals surface area contributed by atoms with Crippen molar-refractivity contribution in [3.8, 4) is 0 Å². The molecule has 1 saturated heterocycles. The van der Waals surface area contributed by atoms with E-state index in [0.717, 1.165) is 0 Å². The summed E-state index contributed by atoms with van der Waals surface area (Å²) in [5.41, 5.74) is 2.14. The molecule has 1 aliphatic heterocycles. The van der Waals surface area contributed by atoms with Crippen molar-refractivity contribution >= 4 is 38.9 Å². The van der Waals surface area contributed by atoms with E-state index in [0.29, 0.717) is 42.0 Å². The summed E-state index contributed by atoms with van der Waals surface area (Å²) in [5, 5.41) is 5.51. The van der Waals surface area contributed by atoms with Crippen LogP contribution in [0.4, 0.5) is 17.1 Å². The van der Waals surface area contributed by atoms with Gasteiger partial charge >= 0.3 is 0 Å². The molecule has 1 fully saturated rings. The van der Waals surface area contributed by atoms with Crippen molar-refractivity contribution in [1.29, 1.82) is 0 Å². The van der Waals surface area contributed by atoms with Crippen LogP contribution in [0.15, 0.2) is 48.5 Å². The zero-order valence-corrected chi connectivity index (χ0v) is 15.8. The Kier molecular flexibility index (Phi) is 5.46. The fourth-order valence-electron chi connectivity index (χ4n) is 2.84. The van der Waals surface area contributed by atoms with Crippen LogP contribution in [-0.4, -0.2) is 32.5 Å². The minimum absolute atomic E-state index is 0.106. The molecule has 0 radical (unpaired) electrons. The number of hydrogen-bond donors (Lipinski definition) is 2. The molecule has 0 aliphatic carbocycles. The molecule has 2 amide bonds. The van der Waals surface area contributed by atoms with Gasteiger partial charge in [-0.25, -0.2) is 8.42 Å². The van der Waals surface area contributed by atoms with Crippen LogP contribution < -0.4 is 14.9 Å². The lowest BCUT2D eigenvalue weighted by atomic mass is 10.2. The van der Waals surface area contributed by atoms with Gasteiger partial charge in [-0.05, 0) is 48.9 Å². The van der Waals surface area contributed by atoms with Crippen LogP contribution in [0.1, 0.15) is 30.1 Å². The largest absolute Gasteiger partial charge is 0.326 e. The van der Waals surface area contributed by atoms with Crippen LogP contribution in [0.3, 0.4) is 0 Å². The number of sulfonamides is 1. The Morgan fingerprint density at radius 1 is 1.04 bits per heavy atom. The Hall–Kier alpha value is -2.87. The molecule has 1 heterocycles. The van der Waals surface area contributed by atoms with E-state index < -0.39 is 10.0 Å². The van der Waals surface area contributed by atoms with Gasteiger partial charge in [0.25, 0.3) is 5.91 Å². The zero-order valence-electron chi connectivity index (χ0n) is 14.9. The number of rotatable bonds is 5. The first kappa shape index (κ1) is 18.9. The Morgan fingerprint density at radius 2 is 1.70 bits per heavy atom. The molecule has 2 aromatic rings. The Morgan fingerprint density at radius 3 is 2.30 bits per heavy atom. The van der Waals surface area contributed by atoms with E-state index in [1.165, 1.54) is 4.31 Å². The van der Waals surface area contributed by atoms with Gasteiger partial charge in [0, 0.05) is 29.9 Å². The molecule has 1 aliphatic rings. The number of benzene rings is 2. The predicted octanol–water partition coefficient (Wildman–Crippen LogP) is 2.83. The third kappa shape index (κ3) is 4.46. The number of anilines is 3. The van der Waals surface area contributed by atoms with Crippen molar-refractivity contribution in [2.75, 3.05) is 27.2 Å². The third-order valence-electron chi connectivity index (χ3n) is 4.24. The average molecular weight is 387 g/mol. The molecule has 27 heavy (non-hydrogen) atoms. The monoisotopic (exact) mass is 387 g/mol. The molecule has 0 atom stereocenters. The number of nitrogens with one attached hydrogen (secondary N) is 2. The highest BCUT2D eigenvalue weighted by molar-refractivity contribution is 7.93. The number of carbonyl (C=O) groups excluding carboxylic acids is 2. The van der Waals surface area contributed by atoms with Gasteiger partial charge in [-0.1, -0.05) is 13.0 Å². The summed E-state index contributed by atoms with van der Waals surface area (Å²) in [5.74, 6) is -0.268. The van der Waals surface area contributed by atoms with Crippen molar-refractivity contribution in [1.82, 2.24) is 0 Å². The smallest absolute Gasteiger partial charge is 0.255 e. The zero-order chi connectivity index (χ0) is 19.4. The van der Waals surface area contributed by atoms with Crippen molar-refractivity contribution in [3.05, 3.63) is 54.1 Å². The second kappa shape index (κ2) is 7.79. The third-order valence-corrected chi connectivity index (χ3v) is 6.11. The quantitative estimate of drug-likeness (QED) is 0.825. The summed E-state index contributed by atoms with van der Waals surface area (Å²) < 4.78 is 25.3. The van der Waals surface area contributed by atoms with Crippen molar-refractivity contribution < 1.29 is 18.0 Å². The maximum atomic E-state index is 12.4. The first-order valence-corrected chi connectivity index (χ1v) is 10.3. The van der Waals surface area contributed by atoms with Crippen molar-refractivity contribution in [2.24, 2.45) is 0 Å². The van der Waals surface area contributed by atoms with Crippen LogP contribution in [0.25, 0.3) is 0 Å². The molecule has 142 valence electrons. The maximum Gasteiger partial charge on any atom is 0.255 e. The molecular weight excluding hydrogens is 366 g/mol. The second-order valence-corrected chi connectivity index (χ2v) is 8.24. The van der Waals surface area contributed by atoms with Gasteiger partial charge in [-0.15, -0.1) is 0 Å². The molecule has 7 nitrogen and oxygen atoms in total. The van der Waals surface area contributed by atoms with E-state index in [1.807, 2.05) is 0 Å². The molecule has 2 N–H and O–H groups in total. The normalized spacial score (nSPS) is 15.4. The van der Waals surface area contributed by atoms with Crippen LogP contribution in [0.2, 0.25) is 0 Å². The SMILES string of the molecule is CCC(=O)Nc1cccc(NC(=O)c2ccc(N3CCCS3(=O)=O)cc2)c1. The minimum Gasteiger partial charge on any atom is -0.326 e. The number of carbonyl (C=O) groups is 2. The number of nitrogens with zero attached hydrogens (tertiary/aromatic N) is 1. The van der Waals surface area contributed by atoms with Crippen LogP contribution in [0.5, 0.6) is 0 Å². The Labute approximate surface area is 158 Å². The van der Waals surface area contributed by atoms with Crippen molar-refractivity contribution in [3.63, 3.8) is 0 Å². The lowest BCUT2D eigenvalue weighted by molar-refractivity contribution is -0.115. The van der Waals surface area contributed by atoms with Crippen molar-refractivity contribution in [2.45, 2.75) is 19.8 Å². The summed E-state index contributed by atoms with van der Waals surface area (Å²) in [6, 6.07) is 13.4. The van der Waals surface area contributed by atoms with E-state index >= 15 is 0 Å². The Balaban J connectivity index is 1.70. The molecule has 2 aromatic carbocycles. The fourth-order valence-corrected chi connectivity index (χ4v) is 4.40. The van der Waals surface area contributed by atoms with E-state index in [-0.39, 0.29) is 17.6 Å². The number of hydrogen-bond acceptors (Lipinski definition) is 4. The summed E-state index contributed by atoms with van der Waals surface area (Å²) in [4.78, 5) is 23.9. The van der Waals surface area contributed by atoms with Crippen LogP contribution in [-0.2, 0) is 14.8 Å². The minimum atomic E-state index is -3.24. The van der Waals surface area contributed by atoms with Gasteiger partial charge in [-0.3, -0.25) is 13.9 Å². The summed E-state index contributed by atoms with van der Waals surface area (Å²) in [6.07, 6.45) is 0.977. The Bertz CT molecular complexity index is 955. The highest BCUT2D eigenvalue weighted by atomic mass is 32.2. The molecular formula is C19H21N3O4S. The average Bonchev–Trinajstić information content (AvgIpc) is 3.01. The lowest BCUT2D eigenvalue weighted by Crippen LogP contribution is -2.25. The first-order valence-electron chi connectivity index (χ1n) is 8.71. The lowest BCUT2D eigenvalue weighted by Gasteiger charge is -2.17. The molecule has 0 aromatic heterocycles. The second-order valence-electron chi connectivity index (χ2n) is 6.23. The van der Waals surface area contributed by atoms with Gasteiger partial charge in [0.15, 0.2) is 0 Å². The summed E-state index contributed by atoms with van der Waals surface area (Å²) in [6.45, 7) is 2.22. The molecule has 0 spiro atoms. The molecule has 0 unspecified atom stereocenters. The highest BCUT2D eigenvalue weighted by Crippen LogP contribution is 2.24. The summed E-state index contributed by atoms with van der Waals surface area (Å²) in [7, 11) is -3.24. The van der Waals surface area contributed by atoms with Gasteiger partial charge in [0.05, 0.1) is 11.4 Å². The topological polar surface area (TPSA) is 95.6 Å². The van der Waals surface area contributed by atoms with Gasteiger partial charge in [0.2, 0.25) is 15.9 Å². The molecule has 0 saturated carbocycles. The molecule has 8 heteroatoms. The number of amides is 2. The van der Waals surface area contributed by atoms with E-state index in [4.69, 9.17) is 0 Å². The molecule has 0 bridgehead atoms. The van der Waals surface area contributed by atoms with Gasteiger partial charge < -0.3 is 10.6 Å². The highest BCUT2D eigenvalue weighted by Gasteiger charge is 2.28. The van der Waals surface area contributed by atoms with Gasteiger partial charge in [-0.2, -0.15) is 0 Å². The predicted molar refractivity (Wildman–Crippen MR) is 106 cm³/mol.